The second-order valence-corrected chi connectivity index (χ2v) is 7.45. The Hall–Kier alpha value is -2.60. The van der Waals surface area contributed by atoms with Crippen LogP contribution >= 0.6 is 0 Å². The Morgan fingerprint density at radius 3 is 2.41 bits per heavy atom. The third kappa shape index (κ3) is 5.07. The van der Waals surface area contributed by atoms with Gasteiger partial charge >= 0.3 is 0 Å². The molecule has 0 atom stereocenters. The van der Waals surface area contributed by atoms with Crippen molar-refractivity contribution >= 4 is 23.0 Å². The quantitative estimate of drug-likeness (QED) is 0.774. The minimum Gasteiger partial charge on any atom is -0.372 e. The number of nitrogens with one attached hydrogen (secondary N) is 1. The number of nitrogens with zero attached hydrogens (tertiary/aromatic N) is 4. The molecule has 0 unspecified atom stereocenters. The van der Waals surface area contributed by atoms with Gasteiger partial charge in [-0.2, -0.15) is 0 Å². The Morgan fingerprint density at radius 1 is 1.07 bits per heavy atom. The smallest absolute Gasteiger partial charge is 0.272 e. The number of piperazine rings is 1. The Kier molecular flexibility index (Phi) is 7.09. The van der Waals surface area contributed by atoms with Crippen LogP contribution in [0.2, 0.25) is 0 Å². The lowest BCUT2D eigenvalue weighted by Crippen LogP contribution is -2.48. The van der Waals surface area contributed by atoms with Gasteiger partial charge in [0.25, 0.3) is 5.91 Å². The van der Waals surface area contributed by atoms with Crippen molar-refractivity contribution in [2.75, 3.05) is 56.0 Å². The summed E-state index contributed by atoms with van der Waals surface area (Å²) in [6.07, 6.45) is 1.71. The number of hydrogen-bond acceptors (Lipinski definition) is 5. The van der Waals surface area contributed by atoms with Crippen molar-refractivity contribution in [3.63, 3.8) is 0 Å². The molecule has 0 aliphatic carbocycles. The third-order valence-corrected chi connectivity index (χ3v) is 5.70. The minimum absolute atomic E-state index is 0.0120. The lowest BCUT2D eigenvalue weighted by atomic mass is 10.1. The maximum atomic E-state index is 12.9. The summed E-state index contributed by atoms with van der Waals surface area (Å²) >= 11 is 0. The predicted octanol–water partition coefficient (Wildman–Crippen LogP) is 3.76. The Balaban J connectivity index is 1.71. The van der Waals surface area contributed by atoms with Gasteiger partial charge in [-0.15, -0.1) is 0 Å². The number of aryl methyl sites for hydroxylation is 1. The molecule has 6 heteroatoms. The van der Waals surface area contributed by atoms with E-state index in [0.29, 0.717) is 5.69 Å². The molecule has 1 amide bonds. The molecule has 0 spiro atoms. The lowest BCUT2D eigenvalue weighted by Gasteiger charge is -2.33. The molecule has 1 aromatic heterocycles. The second-order valence-electron chi connectivity index (χ2n) is 7.45. The topological polar surface area (TPSA) is 51.7 Å². The molecule has 0 saturated carbocycles. The van der Waals surface area contributed by atoms with E-state index in [4.69, 9.17) is 0 Å². The molecular weight excluding hydrogens is 362 g/mol. The fraction of sp³-hybridized carbons (Fsp3) is 0.478. The van der Waals surface area contributed by atoms with Crippen LogP contribution in [-0.2, 0) is 0 Å². The monoisotopic (exact) mass is 395 g/mol. The van der Waals surface area contributed by atoms with Crippen LogP contribution in [0.4, 0.5) is 17.1 Å². The zero-order chi connectivity index (χ0) is 20.8. The number of hydrogen-bond donors (Lipinski definition) is 1. The van der Waals surface area contributed by atoms with Crippen LogP contribution in [-0.4, -0.2) is 66.5 Å². The van der Waals surface area contributed by atoms with Gasteiger partial charge in [0.2, 0.25) is 0 Å². The van der Waals surface area contributed by atoms with Crippen molar-refractivity contribution in [3.8, 4) is 0 Å². The molecular formula is C23H33N5O. The van der Waals surface area contributed by atoms with E-state index in [9.17, 15) is 4.79 Å². The Bertz CT molecular complexity index is 826. The van der Waals surface area contributed by atoms with Crippen LogP contribution in [0.5, 0.6) is 0 Å². The van der Waals surface area contributed by atoms with Crippen LogP contribution < -0.4 is 10.2 Å². The Labute approximate surface area is 174 Å². The average Bonchev–Trinajstić information content (AvgIpc) is 2.76. The normalized spacial score (nSPS) is 14.7. The van der Waals surface area contributed by atoms with Crippen LogP contribution in [0, 0.1) is 6.92 Å². The van der Waals surface area contributed by atoms with E-state index < -0.39 is 0 Å². The number of benzene rings is 1. The van der Waals surface area contributed by atoms with Gasteiger partial charge in [0, 0.05) is 62.5 Å². The van der Waals surface area contributed by atoms with E-state index in [1.807, 2.05) is 17.0 Å². The van der Waals surface area contributed by atoms with E-state index in [-0.39, 0.29) is 5.91 Å². The van der Waals surface area contributed by atoms with Gasteiger partial charge in [-0.1, -0.05) is 6.92 Å². The Morgan fingerprint density at radius 2 is 1.79 bits per heavy atom. The summed E-state index contributed by atoms with van der Waals surface area (Å²) in [6.45, 7) is 15.0. The van der Waals surface area contributed by atoms with Crippen LogP contribution in [0.1, 0.15) is 36.8 Å². The summed E-state index contributed by atoms with van der Waals surface area (Å²) in [5.74, 6) is 0.0120. The first-order valence-corrected chi connectivity index (χ1v) is 10.7. The van der Waals surface area contributed by atoms with Crippen LogP contribution in [0.3, 0.4) is 0 Å². The number of anilines is 3. The molecule has 1 aliphatic rings. The van der Waals surface area contributed by atoms with E-state index in [1.165, 1.54) is 11.3 Å². The first kappa shape index (κ1) is 21.1. The first-order valence-electron chi connectivity index (χ1n) is 10.7. The molecule has 29 heavy (non-hydrogen) atoms. The largest absolute Gasteiger partial charge is 0.372 e. The SMILES string of the molecule is CCN1CCN(C(=O)c2cc(Nc3ccc(N(CC)CC)cc3C)ccn2)CC1. The summed E-state index contributed by atoms with van der Waals surface area (Å²) in [5, 5.41) is 3.45. The number of rotatable bonds is 7. The van der Waals surface area contributed by atoms with Crippen molar-refractivity contribution < 1.29 is 4.79 Å². The second kappa shape index (κ2) is 9.74. The molecule has 1 fully saturated rings. The molecule has 1 saturated heterocycles. The summed E-state index contributed by atoms with van der Waals surface area (Å²) in [6, 6.07) is 10.2. The zero-order valence-electron chi connectivity index (χ0n) is 18.1. The van der Waals surface area contributed by atoms with E-state index >= 15 is 0 Å². The highest BCUT2D eigenvalue weighted by Crippen LogP contribution is 2.26. The summed E-state index contributed by atoms with van der Waals surface area (Å²) in [5.41, 5.74) is 4.83. The highest BCUT2D eigenvalue weighted by molar-refractivity contribution is 5.93. The van der Waals surface area contributed by atoms with Crippen molar-refractivity contribution in [3.05, 3.63) is 47.8 Å². The van der Waals surface area contributed by atoms with Gasteiger partial charge in [-0.05, 0) is 63.2 Å². The summed E-state index contributed by atoms with van der Waals surface area (Å²) < 4.78 is 0. The number of pyridine rings is 1. The molecule has 2 aromatic rings. The minimum atomic E-state index is 0.0120. The van der Waals surface area contributed by atoms with Crippen molar-refractivity contribution in [1.82, 2.24) is 14.8 Å². The van der Waals surface area contributed by atoms with Crippen molar-refractivity contribution in [1.29, 1.82) is 0 Å². The predicted molar refractivity (Wildman–Crippen MR) is 120 cm³/mol. The number of amides is 1. The fourth-order valence-corrected chi connectivity index (χ4v) is 3.78. The maximum absolute atomic E-state index is 12.9. The molecule has 156 valence electrons. The first-order chi connectivity index (χ1) is 14.0. The summed E-state index contributed by atoms with van der Waals surface area (Å²) in [7, 11) is 0. The molecule has 0 radical (unpaired) electrons. The number of carbonyl (C=O) groups is 1. The van der Waals surface area contributed by atoms with Gasteiger partial charge in [0.05, 0.1) is 0 Å². The molecule has 0 bridgehead atoms. The van der Waals surface area contributed by atoms with Gasteiger partial charge in [-0.25, -0.2) is 0 Å². The summed E-state index contributed by atoms with van der Waals surface area (Å²) in [4.78, 5) is 23.8. The van der Waals surface area contributed by atoms with Gasteiger partial charge in [0.15, 0.2) is 0 Å². The molecule has 6 nitrogen and oxygen atoms in total. The highest BCUT2D eigenvalue weighted by atomic mass is 16.2. The lowest BCUT2D eigenvalue weighted by molar-refractivity contribution is 0.0637. The van der Waals surface area contributed by atoms with E-state index in [0.717, 1.165) is 57.2 Å². The van der Waals surface area contributed by atoms with Gasteiger partial charge < -0.3 is 20.0 Å². The zero-order valence-corrected chi connectivity index (χ0v) is 18.1. The van der Waals surface area contributed by atoms with Crippen molar-refractivity contribution in [2.24, 2.45) is 0 Å². The van der Waals surface area contributed by atoms with E-state index in [2.05, 4.69) is 66.0 Å². The van der Waals surface area contributed by atoms with Crippen LogP contribution in [0.25, 0.3) is 0 Å². The number of likely N-dealkylation sites (N-methyl/N-ethyl adjacent to an activating group) is 1. The van der Waals surface area contributed by atoms with Crippen molar-refractivity contribution in [2.45, 2.75) is 27.7 Å². The fourth-order valence-electron chi connectivity index (χ4n) is 3.78. The number of aromatic nitrogens is 1. The number of carbonyl (C=O) groups excluding carboxylic acids is 1. The van der Waals surface area contributed by atoms with Gasteiger partial charge in [0.1, 0.15) is 5.69 Å². The molecule has 1 aromatic carbocycles. The molecule has 2 heterocycles. The molecule has 1 aliphatic heterocycles. The highest BCUT2D eigenvalue weighted by Gasteiger charge is 2.22. The molecule has 1 N–H and O–H groups in total. The van der Waals surface area contributed by atoms with Crippen LogP contribution in [0.15, 0.2) is 36.5 Å². The molecule has 3 rings (SSSR count). The standard InChI is InChI=1S/C23H33N5O/c1-5-26-12-14-28(15-13-26)23(29)22-17-19(10-11-24-22)25-21-9-8-20(16-18(21)4)27(6-2)7-3/h8-11,16-17H,5-7,12-15H2,1-4H3,(H,24,25). The average molecular weight is 396 g/mol. The van der Waals surface area contributed by atoms with E-state index in [1.54, 1.807) is 6.20 Å². The van der Waals surface area contributed by atoms with Gasteiger partial charge in [-0.3, -0.25) is 9.78 Å². The third-order valence-electron chi connectivity index (χ3n) is 5.70. The maximum Gasteiger partial charge on any atom is 0.272 e.